The molecule has 0 aliphatic heterocycles. The minimum Gasteiger partial charge on any atom is -0.481 e. The Balaban J connectivity index is 2.03. The van der Waals surface area contributed by atoms with Gasteiger partial charge in [0, 0.05) is 6.04 Å². The first-order chi connectivity index (χ1) is 8.97. The summed E-state index contributed by atoms with van der Waals surface area (Å²) in [5.41, 5.74) is 0.133. The average Bonchev–Trinajstić information content (AvgIpc) is 3.11. The smallest absolute Gasteiger partial charge is 0.335 e. The second-order valence-corrected chi connectivity index (χ2v) is 5.91. The lowest BCUT2D eigenvalue weighted by molar-refractivity contribution is -0.123. The van der Waals surface area contributed by atoms with Gasteiger partial charge in [-0.25, -0.2) is 4.79 Å². The van der Waals surface area contributed by atoms with Gasteiger partial charge in [0.15, 0.2) is 6.61 Å². The van der Waals surface area contributed by atoms with Gasteiger partial charge in [0.2, 0.25) is 0 Å². The maximum Gasteiger partial charge on any atom is 0.335 e. The van der Waals surface area contributed by atoms with Crippen molar-refractivity contribution in [1.82, 2.24) is 5.32 Å². The summed E-state index contributed by atoms with van der Waals surface area (Å²) in [6, 6.07) is 3.15. The number of carboxylic acids is 1. The van der Waals surface area contributed by atoms with Gasteiger partial charge in [-0.1, -0.05) is 0 Å². The topological polar surface area (TPSA) is 75.6 Å². The monoisotopic (exact) mass is 391 g/mol. The molecule has 5 nitrogen and oxygen atoms in total. The zero-order valence-corrected chi connectivity index (χ0v) is 13.0. The van der Waals surface area contributed by atoms with Crippen LogP contribution in [-0.2, 0) is 4.79 Å². The molecule has 2 rings (SSSR count). The fourth-order valence-electron chi connectivity index (χ4n) is 1.46. The molecule has 1 aliphatic carbocycles. The van der Waals surface area contributed by atoms with E-state index in [1.54, 1.807) is 0 Å². The molecule has 19 heavy (non-hydrogen) atoms. The third kappa shape index (κ3) is 3.94. The van der Waals surface area contributed by atoms with Gasteiger partial charge < -0.3 is 15.2 Å². The summed E-state index contributed by atoms with van der Waals surface area (Å²) in [6.07, 6.45) is 2.04. The molecular weight excluding hydrogens is 382 g/mol. The fourth-order valence-corrected chi connectivity index (χ4v) is 2.87. The lowest BCUT2D eigenvalue weighted by atomic mass is 10.2. The molecule has 1 saturated carbocycles. The molecule has 0 unspecified atom stereocenters. The molecule has 1 aromatic carbocycles. The standard InChI is InChI=1S/C12H11Br2NO4/c13-8-3-6(12(17)18)4-9(14)11(8)19-5-10(16)15-7-1-2-7/h3-4,7H,1-2,5H2,(H,15,16)(H,17,18). The Kier molecular flexibility index (Phi) is 4.46. The number of benzene rings is 1. The number of hydrogen-bond acceptors (Lipinski definition) is 3. The van der Waals surface area contributed by atoms with Gasteiger partial charge >= 0.3 is 5.97 Å². The van der Waals surface area contributed by atoms with E-state index in [1.165, 1.54) is 12.1 Å². The maximum absolute atomic E-state index is 11.5. The summed E-state index contributed by atoms with van der Waals surface area (Å²) < 4.78 is 6.36. The van der Waals surface area contributed by atoms with Crippen LogP contribution in [0.25, 0.3) is 0 Å². The van der Waals surface area contributed by atoms with Crippen LogP contribution in [0, 0.1) is 0 Å². The molecular formula is C12H11Br2NO4. The second kappa shape index (κ2) is 5.92. The number of ether oxygens (including phenoxy) is 1. The van der Waals surface area contributed by atoms with Gasteiger partial charge in [-0.3, -0.25) is 4.79 Å². The van der Waals surface area contributed by atoms with Gasteiger partial charge in [-0.05, 0) is 56.8 Å². The largest absolute Gasteiger partial charge is 0.481 e. The Morgan fingerprint density at radius 3 is 2.37 bits per heavy atom. The number of carbonyl (C=O) groups excluding carboxylic acids is 1. The quantitative estimate of drug-likeness (QED) is 0.807. The number of nitrogens with one attached hydrogen (secondary N) is 1. The predicted molar refractivity (Wildman–Crippen MR) is 75.5 cm³/mol. The molecule has 0 aromatic heterocycles. The van der Waals surface area contributed by atoms with Gasteiger partial charge in [0.1, 0.15) is 5.75 Å². The molecule has 0 radical (unpaired) electrons. The lowest BCUT2D eigenvalue weighted by Gasteiger charge is -2.11. The van der Waals surface area contributed by atoms with Crippen molar-refractivity contribution in [3.63, 3.8) is 0 Å². The van der Waals surface area contributed by atoms with Gasteiger partial charge in [-0.15, -0.1) is 0 Å². The highest BCUT2D eigenvalue weighted by molar-refractivity contribution is 9.11. The number of hydrogen-bond donors (Lipinski definition) is 2. The molecule has 0 atom stereocenters. The van der Waals surface area contributed by atoms with E-state index in [2.05, 4.69) is 37.2 Å². The van der Waals surface area contributed by atoms with Crippen molar-refractivity contribution in [2.75, 3.05) is 6.61 Å². The SMILES string of the molecule is O=C(COc1c(Br)cc(C(=O)O)cc1Br)NC1CC1. The Hall–Kier alpha value is -1.08. The zero-order valence-electron chi connectivity index (χ0n) is 9.78. The number of rotatable bonds is 5. The van der Waals surface area contributed by atoms with E-state index in [4.69, 9.17) is 9.84 Å². The van der Waals surface area contributed by atoms with Crippen molar-refractivity contribution in [3.8, 4) is 5.75 Å². The van der Waals surface area contributed by atoms with Crippen LogP contribution in [-0.4, -0.2) is 29.6 Å². The minimum atomic E-state index is -1.03. The Morgan fingerprint density at radius 1 is 1.32 bits per heavy atom. The summed E-state index contributed by atoms with van der Waals surface area (Å²) in [5, 5.41) is 11.7. The third-order valence-corrected chi connectivity index (χ3v) is 3.71. The van der Waals surface area contributed by atoms with Crippen LogP contribution in [0.3, 0.4) is 0 Å². The molecule has 1 fully saturated rings. The van der Waals surface area contributed by atoms with Crippen LogP contribution in [0.5, 0.6) is 5.75 Å². The number of halogens is 2. The van der Waals surface area contributed by atoms with Crippen LogP contribution in [0.2, 0.25) is 0 Å². The third-order valence-electron chi connectivity index (χ3n) is 2.54. The Labute approximate surface area is 126 Å². The number of aromatic carboxylic acids is 1. The Morgan fingerprint density at radius 2 is 1.89 bits per heavy atom. The summed E-state index contributed by atoms with van der Waals surface area (Å²) in [6.45, 7) is -0.0971. The average molecular weight is 393 g/mol. The molecule has 102 valence electrons. The van der Waals surface area contributed by atoms with Gasteiger partial charge in [0.05, 0.1) is 14.5 Å². The molecule has 1 aliphatic rings. The van der Waals surface area contributed by atoms with Crippen molar-refractivity contribution in [1.29, 1.82) is 0 Å². The van der Waals surface area contributed by atoms with E-state index < -0.39 is 5.97 Å². The predicted octanol–water partition coefficient (Wildman–Crippen LogP) is 2.57. The first-order valence-electron chi connectivity index (χ1n) is 5.62. The Bertz CT molecular complexity index is 505. The van der Waals surface area contributed by atoms with Crippen molar-refractivity contribution < 1.29 is 19.4 Å². The van der Waals surface area contributed by atoms with Crippen molar-refractivity contribution in [3.05, 3.63) is 26.6 Å². The molecule has 0 spiro atoms. The van der Waals surface area contributed by atoms with Crippen LogP contribution in [0.15, 0.2) is 21.1 Å². The van der Waals surface area contributed by atoms with Gasteiger partial charge in [0.25, 0.3) is 5.91 Å². The molecule has 0 saturated heterocycles. The first-order valence-corrected chi connectivity index (χ1v) is 7.20. The zero-order chi connectivity index (χ0) is 14.0. The van der Waals surface area contributed by atoms with Crippen LogP contribution < -0.4 is 10.1 Å². The van der Waals surface area contributed by atoms with Crippen LogP contribution >= 0.6 is 31.9 Å². The van der Waals surface area contributed by atoms with Crippen molar-refractivity contribution >= 4 is 43.7 Å². The van der Waals surface area contributed by atoms with Crippen LogP contribution in [0.4, 0.5) is 0 Å². The first kappa shape index (κ1) is 14.3. The second-order valence-electron chi connectivity index (χ2n) is 4.20. The van der Waals surface area contributed by atoms with Crippen LogP contribution in [0.1, 0.15) is 23.2 Å². The molecule has 1 aromatic rings. The number of amides is 1. The summed E-state index contributed by atoms with van der Waals surface area (Å²) in [7, 11) is 0. The summed E-state index contributed by atoms with van der Waals surface area (Å²) >= 11 is 6.46. The van der Waals surface area contributed by atoms with E-state index in [-0.39, 0.29) is 24.1 Å². The summed E-state index contributed by atoms with van der Waals surface area (Å²) in [4.78, 5) is 22.4. The molecule has 0 bridgehead atoms. The van der Waals surface area contributed by atoms with Crippen molar-refractivity contribution in [2.45, 2.75) is 18.9 Å². The van der Waals surface area contributed by atoms with E-state index >= 15 is 0 Å². The highest BCUT2D eigenvalue weighted by atomic mass is 79.9. The lowest BCUT2D eigenvalue weighted by Crippen LogP contribution is -2.30. The highest BCUT2D eigenvalue weighted by Gasteiger charge is 2.23. The molecule has 2 N–H and O–H groups in total. The highest BCUT2D eigenvalue weighted by Crippen LogP contribution is 2.34. The van der Waals surface area contributed by atoms with Gasteiger partial charge in [-0.2, -0.15) is 0 Å². The van der Waals surface area contributed by atoms with Crippen molar-refractivity contribution in [2.24, 2.45) is 0 Å². The fraction of sp³-hybridized carbons (Fsp3) is 0.333. The van der Waals surface area contributed by atoms with E-state index in [1.807, 2.05) is 0 Å². The molecule has 1 amide bonds. The minimum absolute atomic E-state index is 0.0971. The summed E-state index contributed by atoms with van der Waals surface area (Å²) in [5.74, 6) is -0.793. The van der Waals surface area contributed by atoms with E-state index in [0.717, 1.165) is 12.8 Å². The number of carboxylic acid groups (broad SMARTS) is 1. The maximum atomic E-state index is 11.5. The normalized spacial score (nSPS) is 14.0. The number of carbonyl (C=O) groups is 2. The van der Waals surface area contributed by atoms with E-state index in [9.17, 15) is 9.59 Å². The molecule has 0 heterocycles. The molecule has 7 heteroatoms. The van der Waals surface area contributed by atoms with E-state index in [0.29, 0.717) is 14.7 Å².